The van der Waals surface area contributed by atoms with E-state index in [1.165, 1.54) is 18.2 Å². The van der Waals surface area contributed by atoms with E-state index in [9.17, 15) is 0 Å². The van der Waals surface area contributed by atoms with Crippen LogP contribution in [0.5, 0.6) is 11.5 Å². The van der Waals surface area contributed by atoms with Crippen molar-refractivity contribution in [1.29, 1.82) is 0 Å². The summed E-state index contributed by atoms with van der Waals surface area (Å²) in [6, 6.07) is 5.85. The molecule has 0 aromatic heterocycles. The molecule has 0 aliphatic heterocycles. The van der Waals surface area contributed by atoms with Gasteiger partial charge in [-0.1, -0.05) is 6.07 Å². The van der Waals surface area contributed by atoms with Gasteiger partial charge in [-0.3, -0.25) is 0 Å². The topological polar surface area (TPSA) is 40.5 Å². The first kappa shape index (κ1) is 9.63. The molecule has 1 rings (SSSR count). The Balaban J connectivity index is 0.000000640. The van der Waals surface area contributed by atoms with Crippen molar-refractivity contribution in [2.24, 2.45) is 0 Å². The summed E-state index contributed by atoms with van der Waals surface area (Å²) in [5, 5.41) is 17.3. The Bertz CT molecular complexity index is 171. The van der Waals surface area contributed by atoms with Gasteiger partial charge >= 0.3 is 0 Å². The molecule has 0 heterocycles. The minimum atomic E-state index is 0. The second-order valence-corrected chi connectivity index (χ2v) is 1.52. The Morgan fingerprint density at radius 2 is 1.44 bits per heavy atom. The van der Waals surface area contributed by atoms with E-state index in [-0.39, 0.29) is 69.7 Å². The maximum atomic E-state index is 8.65. The molecular weight excluding hydrogens is 190 g/mol. The summed E-state index contributed by atoms with van der Waals surface area (Å²) >= 11 is 0. The van der Waals surface area contributed by atoms with Crippen LogP contribution in [0.25, 0.3) is 0 Å². The molecule has 43 valence electrons. The predicted octanol–water partition coefficient (Wildman–Crippen LogP) is 0.717. The molecule has 0 amide bonds. The standard InChI is InChI=1S/C6H6O2.Rb/c7-5-2-1-3-6(8)4-5;/h1-4,7-8H;. The Morgan fingerprint density at radius 3 is 1.67 bits per heavy atom. The summed E-state index contributed by atoms with van der Waals surface area (Å²) < 4.78 is 0. The molecule has 2 N–H and O–H groups in total. The van der Waals surface area contributed by atoms with Crippen molar-refractivity contribution in [3.8, 4) is 11.5 Å². The van der Waals surface area contributed by atoms with Crippen LogP contribution in [0.2, 0.25) is 0 Å². The number of hydrogen-bond acceptors (Lipinski definition) is 2. The molecule has 1 radical (unpaired) electrons. The first-order valence-electron chi connectivity index (χ1n) is 2.27. The quantitative estimate of drug-likeness (QED) is 0.641. The van der Waals surface area contributed by atoms with Gasteiger partial charge in [-0.25, -0.2) is 0 Å². The number of phenols is 2. The van der Waals surface area contributed by atoms with Crippen molar-refractivity contribution in [2.45, 2.75) is 0 Å². The van der Waals surface area contributed by atoms with Crippen LogP contribution in [-0.2, 0) is 0 Å². The van der Waals surface area contributed by atoms with Gasteiger partial charge in [0.1, 0.15) is 11.5 Å². The predicted molar refractivity (Wildman–Crippen MR) is 35.5 cm³/mol. The number of rotatable bonds is 0. The van der Waals surface area contributed by atoms with Crippen LogP contribution in [0.15, 0.2) is 24.3 Å². The Morgan fingerprint density at radius 1 is 1.00 bits per heavy atom. The molecule has 3 heteroatoms. The fourth-order valence-electron chi connectivity index (χ4n) is 0.493. The molecule has 9 heavy (non-hydrogen) atoms. The van der Waals surface area contributed by atoms with E-state index in [2.05, 4.69) is 0 Å². The zero-order valence-electron chi connectivity index (χ0n) is 5.20. The van der Waals surface area contributed by atoms with Gasteiger partial charge in [0.15, 0.2) is 0 Å². The summed E-state index contributed by atoms with van der Waals surface area (Å²) in [5.74, 6) is 0.176. The molecule has 0 fully saturated rings. The van der Waals surface area contributed by atoms with Crippen molar-refractivity contribution >= 4 is 58.2 Å². The third kappa shape index (κ3) is 3.35. The van der Waals surface area contributed by atoms with Gasteiger partial charge in [0, 0.05) is 64.3 Å². The third-order valence-electron chi connectivity index (χ3n) is 0.830. The molecule has 0 aliphatic carbocycles. The summed E-state index contributed by atoms with van der Waals surface area (Å²) in [6.07, 6.45) is 0. The van der Waals surface area contributed by atoms with E-state index >= 15 is 0 Å². The van der Waals surface area contributed by atoms with Gasteiger partial charge in [-0.15, -0.1) is 0 Å². The van der Waals surface area contributed by atoms with Gasteiger partial charge in [-0.2, -0.15) is 0 Å². The number of aromatic hydroxyl groups is 2. The monoisotopic (exact) mass is 195 g/mol. The average Bonchev–Trinajstić information content (AvgIpc) is 1.64. The molecule has 1 aromatic carbocycles. The van der Waals surface area contributed by atoms with Crippen LogP contribution in [-0.4, -0.2) is 68.4 Å². The molecule has 2 nitrogen and oxygen atoms in total. The van der Waals surface area contributed by atoms with Crippen LogP contribution >= 0.6 is 0 Å². The Labute approximate surface area is 102 Å². The molecule has 0 atom stereocenters. The van der Waals surface area contributed by atoms with Crippen LogP contribution < -0.4 is 0 Å². The van der Waals surface area contributed by atoms with Gasteiger partial charge in [0.2, 0.25) is 0 Å². The van der Waals surface area contributed by atoms with Gasteiger partial charge < -0.3 is 10.2 Å². The van der Waals surface area contributed by atoms with Crippen molar-refractivity contribution in [1.82, 2.24) is 0 Å². The summed E-state index contributed by atoms with van der Waals surface area (Å²) in [4.78, 5) is 0. The maximum absolute atomic E-state index is 8.65. The third-order valence-corrected chi connectivity index (χ3v) is 0.830. The van der Waals surface area contributed by atoms with Gasteiger partial charge in [-0.05, 0) is 12.1 Å². The van der Waals surface area contributed by atoms with Crippen LogP contribution in [0, 0.1) is 0 Å². The van der Waals surface area contributed by atoms with E-state index in [4.69, 9.17) is 10.2 Å². The van der Waals surface area contributed by atoms with E-state index in [0.29, 0.717) is 0 Å². The van der Waals surface area contributed by atoms with Crippen LogP contribution in [0.1, 0.15) is 0 Å². The Hall–Kier alpha value is 0.625. The van der Waals surface area contributed by atoms with Gasteiger partial charge in [0.05, 0.1) is 0 Å². The van der Waals surface area contributed by atoms with Crippen molar-refractivity contribution in [3.63, 3.8) is 0 Å². The maximum Gasteiger partial charge on any atom is 0.119 e. The molecule has 1 aromatic rings. The average molecular weight is 196 g/mol. The molecule has 0 saturated heterocycles. The summed E-state index contributed by atoms with van der Waals surface area (Å²) in [7, 11) is 0. The largest absolute Gasteiger partial charge is 0.508 e. The minimum Gasteiger partial charge on any atom is -0.508 e. The molecule has 0 saturated carbocycles. The smallest absolute Gasteiger partial charge is 0.119 e. The summed E-state index contributed by atoms with van der Waals surface area (Å²) in [6.45, 7) is 0. The first-order valence-corrected chi connectivity index (χ1v) is 2.27. The fourth-order valence-corrected chi connectivity index (χ4v) is 0.493. The zero-order valence-corrected chi connectivity index (χ0v) is 10.1. The van der Waals surface area contributed by atoms with E-state index in [1.807, 2.05) is 0 Å². The molecule has 0 bridgehead atoms. The number of hydrogen-bond donors (Lipinski definition) is 2. The van der Waals surface area contributed by atoms with E-state index in [1.54, 1.807) is 6.07 Å². The zero-order chi connectivity index (χ0) is 5.98. The fraction of sp³-hybridized carbons (Fsp3) is 0. The number of phenolic OH excluding ortho intramolecular Hbond substituents is 2. The van der Waals surface area contributed by atoms with Gasteiger partial charge in [0.25, 0.3) is 0 Å². The van der Waals surface area contributed by atoms with Crippen LogP contribution in [0.4, 0.5) is 0 Å². The van der Waals surface area contributed by atoms with Crippen molar-refractivity contribution in [3.05, 3.63) is 24.3 Å². The second kappa shape index (κ2) is 4.44. The van der Waals surface area contributed by atoms with Crippen molar-refractivity contribution in [2.75, 3.05) is 0 Å². The van der Waals surface area contributed by atoms with Crippen molar-refractivity contribution < 1.29 is 10.2 Å². The van der Waals surface area contributed by atoms with Crippen LogP contribution in [0.3, 0.4) is 0 Å². The SMILES string of the molecule is Oc1cccc(O)c1.[Rb]. The minimum absolute atomic E-state index is 0. The Kier molecular flexibility index (Phi) is 4.75. The summed E-state index contributed by atoms with van der Waals surface area (Å²) in [5.41, 5.74) is 0. The molecule has 0 unspecified atom stereocenters. The number of benzene rings is 1. The normalized spacial score (nSPS) is 8.00. The molecular formula is C6H6O2Rb. The van der Waals surface area contributed by atoms with E-state index < -0.39 is 0 Å². The molecule has 0 aliphatic rings. The second-order valence-electron chi connectivity index (χ2n) is 1.52. The van der Waals surface area contributed by atoms with E-state index in [0.717, 1.165) is 0 Å². The molecule has 0 spiro atoms. The first-order chi connectivity index (χ1) is 3.79.